The first-order chi connectivity index (χ1) is 8.59. The molecular formula is C13H18BrNO3S. The third-order valence-electron chi connectivity index (χ3n) is 2.37. The van der Waals surface area contributed by atoms with Gasteiger partial charge in [0.15, 0.2) is 6.29 Å². The van der Waals surface area contributed by atoms with E-state index in [0.29, 0.717) is 6.29 Å². The minimum Gasteiger partial charge on any atom is -0.444 e. The van der Waals surface area contributed by atoms with Crippen LogP contribution in [0.4, 0.5) is 4.79 Å². The van der Waals surface area contributed by atoms with Crippen LogP contribution >= 0.6 is 27.3 Å². The van der Waals surface area contributed by atoms with E-state index in [1.165, 1.54) is 11.3 Å². The third-order valence-corrected chi connectivity index (χ3v) is 4.99. The molecule has 0 radical (unpaired) electrons. The summed E-state index contributed by atoms with van der Waals surface area (Å²) in [5.74, 6) is 0. The van der Waals surface area contributed by atoms with Crippen molar-refractivity contribution >= 4 is 39.6 Å². The van der Waals surface area contributed by atoms with E-state index in [9.17, 15) is 9.59 Å². The van der Waals surface area contributed by atoms with E-state index in [1.807, 2.05) is 12.3 Å². The zero-order valence-electron chi connectivity index (χ0n) is 11.7. The number of amides is 1. The van der Waals surface area contributed by atoms with Gasteiger partial charge in [0.2, 0.25) is 0 Å². The van der Waals surface area contributed by atoms with Gasteiger partial charge in [0.1, 0.15) is 11.1 Å². The standard InChI is InChI=1S/C13H18BrNO3S/c1-8-6-19-10(9(8)14)13(5,7-16)15-11(17)18-12(2,3)4/h6-7H,1-5H3,(H,15,17). The van der Waals surface area contributed by atoms with Gasteiger partial charge in [0.05, 0.1) is 4.88 Å². The number of aryl methyl sites for hydroxylation is 1. The van der Waals surface area contributed by atoms with Crippen molar-refractivity contribution < 1.29 is 14.3 Å². The molecule has 6 heteroatoms. The van der Waals surface area contributed by atoms with Gasteiger partial charge in [-0.15, -0.1) is 11.3 Å². The van der Waals surface area contributed by atoms with E-state index in [2.05, 4.69) is 21.2 Å². The highest BCUT2D eigenvalue weighted by Gasteiger charge is 2.34. The van der Waals surface area contributed by atoms with Gasteiger partial charge in [-0.2, -0.15) is 0 Å². The van der Waals surface area contributed by atoms with Crippen LogP contribution in [0.1, 0.15) is 38.1 Å². The summed E-state index contributed by atoms with van der Waals surface area (Å²) in [5.41, 5.74) is -0.671. The normalized spacial score (nSPS) is 14.6. The molecule has 0 saturated carbocycles. The molecule has 1 unspecified atom stereocenters. The Morgan fingerprint density at radius 3 is 2.37 bits per heavy atom. The summed E-state index contributed by atoms with van der Waals surface area (Å²) in [6.07, 6.45) is 0.104. The number of hydrogen-bond acceptors (Lipinski definition) is 4. The van der Waals surface area contributed by atoms with Crippen molar-refractivity contribution in [2.45, 2.75) is 45.8 Å². The molecular weight excluding hydrogens is 330 g/mol. The molecule has 0 spiro atoms. The maximum absolute atomic E-state index is 11.8. The molecule has 1 N–H and O–H groups in total. The molecule has 1 rings (SSSR count). The highest BCUT2D eigenvalue weighted by atomic mass is 79.9. The fourth-order valence-electron chi connectivity index (χ4n) is 1.44. The second-order valence-electron chi connectivity index (χ2n) is 5.51. The topological polar surface area (TPSA) is 55.4 Å². The van der Waals surface area contributed by atoms with E-state index in [4.69, 9.17) is 4.74 Å². The summed E-state index contributed by atoms with van der Waals surface area (Å²) >= 11 is 4.86. The van der Waals surface area contributed by atoms with Gasteiger partial charge < -0.3 is 14.8 Å². The number of alkyl carbamates (subject to hydrolysis) is 1. The van der Waals surface area contributed by atoms with Crippen molar-refractivity contribution in [3.8, 4) is 0 Å². The highest BCUT2D eigenvalue weighted by Crippen LogP contribution is 2.35. The number of ether oxygens (including phenoxy) is 1. The van der Waals surface area contributed by atoms with Gasteiger partial charge in [0.25, 0.3) is 0 Å². The van der Waals surface area contributed by atoms with Crippen LogP contribution in [0.5, 0.6) is 0 Å². The molecule has 4 nitrogen and oxygen atoms in total. The van der Waals surface area contributed by atoms with Gasteiger partial charge in [-0.1, -0.05) is 0 Å². The van der Waals surface area contributed by atoms with E-state index < -0.39 is 17.2 Å². The molecule has 1 amide bonds. The molecule has 0 aliphatic rings. The lowest BCUT2D eigenvalue weighted by atomic mass is 10.0. The predicted octanol–water partition coefficient (Wildman–Crippen LogP) is 3.76. The van der Waals surface area contributed by atoms with Gasteiger partial charge in [0, 0.05) is 4.47 Å². The number of carbonyl (C=O) groups excluding carboxylic acids is 2. The number of carbonyl (C=O) groups is 2. The second kappa shape index (κ2) is 5.63. The summed E-state index contributed by atoms with van der Waals surface area (Å²) in [5, 5.41) is 4.55. The maximum Gasteiger partial charge on any atom is 0.408 e. The smallest absolute Gasteiger partial charge is 0.408 e. The lowest BCUT2D eigenvalue weighted by Crippen LogP contribution is -2.46. The molecule has 0 bridgehead atoms. The molecule has 1 aromatic rings. The van der Waals surface area contributed by atoms with Crippen LogP contribution in [0.2, 0.25) is 0 Å². The van der Waals surface area contributed by atoms with Gasteiger partial charge >= 0.3 is 6.09 Å². The minimum absolute atomic E-state index is 0.601. The summed E-state index contributed by atoms with van der Waals surface area (Å²) in [6, 6.07) is 0. The van der Waals surface area contributed by atoms with E-state index >= 15 is 0 Å². The van der Waals surface area contributed by atoms with Crippen LogP contribution in [-0.2, 0) is 15.1 Å². The zero-order chi connectivity index (χ0) is 14.8. The van der Waals surface area contributed by atoms with Crippen LogP contribution in [-0.4, -0.2) is 18.0 Å². The summed E-state index contributed by atoms with van der Waals surface area (Å²) in [4.78, 5) is 24.0. The fraction of sp³-hybridized carbons (Fsp3) is 0.538. The highest BCUT2D eigenvalue weighted by molar-refractivity contribution is 9.10. The fourth-order valence-corrected chi connectivity index (χ4v) is 3.41. The molecule has 0 aliphatic carbocycles. The average molecular weight is 348 g/mol. The maximum atomic E-state index is 11.8. The molecule has 0 saturated heterocycles. The summed E-state index contributed by atoms with van der Waals surface area (Å²) < 4.78 is 6.02. The summed E-state index contributed by atoms with van der Waals surface area (Å²) in [7, 11) is 0. The number of aldehydes is 1. The number of hydrogen-bond donors (Lipinski definition) is 1. The SMILES string of the molecule is Cc1csc(C(C)(C=O)NC(=O)OC(C)(C)C)c1Br. The second-order valence-corrected chi connectivity index (χ2v) is 7.18. The van der Waals surface area contributed by atoms with Gasteiger partial charge in [-0.25, -0.2) is 4.79 Å². The van der Waals surface area contributed by atoms with E-state index in [1.54, 1.807) is 27.7 Å². The molecule has 19 heavy (non-hydrogen) atoms. The lowest BCUT2D eigenvalue weighted by molar-refractivity contribution is -0.113. The molecule has 1 atom stereocenters. The van der Waals surface area contributed by atoms with E-state index in [0.717, 1.165) is 14.9 Å². The zero-order valence-corrected chi connectivity index (χ0v) is 14.1. The van der Waals surface area contributed by atoms with Crippen LogP contribution in [0.15, 0.2) is 9.85 Å². The molecule has 106 valence electrons. The lowest BCUT2D eigenvalue weighted by Gasteiger charge is -2.27. The molecule has 1 heterocycles. The van der Waals surface area contributed by atoms with Crippen molar-refractivity contribution in [2.75, 3.05) is 0 Å². The Morgan fingerprint density at radius 1 is 1.42 bits per heavy atom. The van der Waals surface area contributed by atoms with Crippen molar-refractivity contribution in [2.24, 2.45) is 0 Å². The van der Waals surface area contributed by atoms with Crippen LogP contribution in [0, 0.1) is 6.92 Å². The Labute approximate surface area is 125 Å². The minimum atomic E-state index is -1.10. The van der Waals surface area contributed by atoms with Gasteiger partial charge in [-0.05, 0) is 61.5 Å². The number of nitrogens with one attached hydrogen (secondary N) is 1. The number of halogens is 1. The number of rotatable bonds is 3. The van der Waals surface area contributed by atoms with Crippen LogP contribution < -0.4 is 5.32 Å². The first-order valence-electron chi connectivity index (χ1n) is 5.80. The van der Waals surface area contributed by atoms with Crippen molar-refractivity contribution in [1.82, 2.24) is 5.32 Å². The molecule has 0 aromatic carbocycles. The molecule has 0 fully saturated rings. The third kappa shape index (κ3) is 4.04. The Hall–Kier alpha value is -0.880. The monoisotopic (exact) mass is 347 g/mol. The van der Waals surface area contributed by atoms with Crippen molar-refractivity contribution in [1.29, 1.82) is 0 Å². The predicted molar refractivity (Wildman–Crippen MR) is 79.5 cm³/mol. The van der Waals surface area contributed by atoms with Crippen LogP contribution in [0.3, 0.4) is 0 Å². The Balaban J connectivity index is 2.96. The molecule has 0 aliphatic heterocycles. The summed E-state index contributed by atoms with van der Waals surface area (Å²) in [6.45, 7) is 8.91. The van der Waals surface area contributed by atoms with Crippen molar-refractivity contribution in [3.63, 3.8) is 0 Å². The average Bonchev–Trinajstić information content (AvgIpc) is 2.57. The largest absolute Gasteiger partial charge is 0.444 e. The van der Waals surface area contributed by atoms with Crippen molar-refractivity contribution in [3.05, 3.63) is 20.3 Å². The Bertz CT molecular complexity index is 493. The quantitative estimate of drug-likeness (QED) is 0.847. The molecule has 1 aromatic heterocycles. The number of thiophene rings is 1. The van der Waals surface area contributed by atoms with Crippen LogP contribution in [0.25, 0.3) is 0 Å². The van der Waals surface area contributed by atoms with E-state index in [-0.39, 0.29) is 0 Å². The Morgan fingerprint density at radius 2 is 2.00 bits per heavy atom. The first kappa shape index (κ1) is 16.2. The Kier molecular flexibility index (Phi) is 4.79. The first-order valence-corrected chi connectivity index (χ1v) is 7.48. The van der Waals surface area contributed by atoms with Gasteiger partial charge in [-0.3, -0.25) is 0 Å².